The molecule has 5 nitrogen and oxygen atoms in total. The molecule has 0 aliphatic carbocycles. The average Bonchev–Trinajstić information content (AvgIpc) is 2.68. The topological polar surface area (TPSA) is 58.1 Å². The van der Waals surface area contributed by atoms with E-state index in [1.165, 1.54) is 0 Å². The first-order valence-corrected chi connectivity index (χ1v) is 8.78. The van der Waals surface area contributed by atoms with Crippen LogP contribution in [-0.2, 0) is 13.0 Å². The minimum Gasteiger partial charge on any atom is -0.320 e. The Labute approximate surface area is 156 Å². The summed E-state index contributed by atoms with van der Waals surface area (Å²) >= 11 is 5.93. The molecule has 130 valence electrons. The molecule has 1 aliphatic heterocycles. The minimum absolute atomic E-state index is 0.108. The predicted octanol–water partition coefficient (Wildman–Crippen LogP) is 4.39. The maximum Gasteiger partial charge on any atom is 0.322 e. The number of hydrogen-bond acceptors (Lipinski definition) is 3. The third-order valence-electron chi connectivity index (χ3n) is 4.35. The summed E-state index contributed by atoms with van der Waals surface area (Å²) in [6, 6.07) is 16.8. The highest BCUT2D eigenvalue weighted by molar-refractivity contribution is 6.30. The molecule has 2 amide bonds. The third kappa shape index (κ3) is 3.53. The van der Waals surface area contributed by atoms with E-state index < -0.39 is 0 Å². The lowest BCUT2D eigenvalue weighted by Gasteiger charge is -2.28. The maximum absolute atomic E-state index is 12.5. The first-order chi connectivity index (χ1) is 12.7. The third-order valence-corrected chi connectivity index (χ3v) is 4.60. The Morgan fingerprint density at radius 2 is 1.85 bits per heavy atom. The molecule has 0 spiro atoms. The van der Waals surface area contributed by atoms with Crippen LogP contribution in [0.15, 0.2) is 60.8 Å². The Morgan fingerprint density at radius 3 is 2.62 bits per heavy atom. The zero-order chi connectivity index (χ0) is 17.9. The number of fused-ring (bicyclic) bond motifs is 1. The normalized spacial score (nSPS) is 13.2. The van der Waals surface area contributed by atoms with Crippen LogP contribution in [0.1, 0.15) is 11.3 Å². The van der Waals surface area contributed by atoms with E-state index in [-0.39, 0.29) is 6.03 Å². The van der Waals surface area contributed by atoms with Crippen molar-refractivity contribution in [2.75, 3.05) is 11.9 Å². The van der Waals surface area contributed by atoms with Crippen LogP contribution in [0.3, 0.4) is 0 Å². The number of amides is 2. The van der Waals surface area contributed by atoms with Crippen molar-refractivity contribution < 1.29 is 4.79 Å². The van der Waals surface area contributed by atoms with Gasteiger partial charge < -0.3 is 10.2 Å². The van der Waals surface area contributed by atoms with Gasteiger partial charge in [-0.3, -0.25) is 0 Å². The van der Waals surface area contributed by atoms with Crippen LogP contribution < -0.4 is 5.32 Å². The Hall–Kier alpha value is -2.92. The second kappa shape index (κ2) is 7.14. The molecular weight excluding hydrogens is 348 g/mol. The SMILES string of the molecule is O=C(Nc1ccccc1)N1CCc2nc(-c3ccc(Cl)cc3)ncc2C1. The molecule has 0 bridgehead atoms. The Kier molecular flexibility index (Phi) is 4.54. The van der Waals surface area contributed by atoms with E-state index in [1.54, 1.807) is 4.90 Å². The molecule has 4 rings (SSSR count). The Bertz CT molecular complexity index is 928. The molecule has 2 heterocycles. The highest BCUT2D eigenvalue weighted by atomic mass is 35.5. The van der Waals surface area contributed by atoms with E-state index in [1.807, 2.05) is 60.8 Å². The number of hydrogen-bond donors (Lipinski definition) is 1. The number of aromatic nitrogens is 2. The minimum atomic E-state index is -0.108. The largest absolute Gasteiger partial charge is 0.322 e. The van der Waals surface area contributed by atoms with Crippen LogP contribution in [0.4, 0.5) is 10.5 Å². The number of nitrogens with zero attached hydrogens (tertiary/aromatic N) is 3. The molecule has 0 atom stereocenters. The number of carbonyl (C=O) groups is 1. The van der Waals surface area contributed by atoms with Crippen LogP contribution in [0.5, 0.6) is 0 Å². The summed E-state index contributed by atoms with van der Waals surface area (Å²) in [6.45, 7) is 1.14. The molecule has 3 aromatic rings. The van der Waals surface area contributed by atoms with Crippen molar-refractivity contribution in [3.63, 3.8) is 0 Å². The van der Waals surface area contributed by atoms with Gasteiger partial charge in [-0.25, -0.2) is 14.8 Å². The molecule has 1 aromatic heterocycles. The fourth-order valence-corrected chi connectivity index (χ4v) is 3.08. The maximum atomic E-state index is 12.5. The van der Waals surface area contributed by atoms with Gasteiger partial charge in [-0.1, -0.05) is 29.8 Å². The van der Waals surface area contributed by atoms with Crippen molar-refractivity contribution in [3.8, 4) is 11.4 Å². The Morgan fingerprint density at radius 1 is 1.08 bits per heavy atom. The van der Waals surface area contributed by atoms with Gasteiger partial charge in [-0.15, -0.1) is 0 Å². The number of para-hydroxylation sites is 1. The van der Waals surface area contributed by atoms with Gasteiger partial charge in [0.1, 0.15) is 0 Å². The number of carbonyl (C=O) groups excluding carboxylic acids is 1. The average molecular weight is 365 g/mol. The van der Waals surface area contributed by atoms with E-state index in [2.05, 4.69) is 15.3 Å². The van der Waals surface area contributed by atoms with Crippen LogP contribution in [-0.4, -0.2) is 27.4 Å². The molecule has 0 saturated carbocycles. The van der Waals surface area contributed by atoms with E-state index >= 15 is 0 Å². The van der Waals surface area contributed by atoms with Crippen LogP contribution in [0, 0.1) is 0 Å². The molecule has 0 saturated heterocycles. The van der Waals surface area contributed by atoms with Gasteiger partial charge >= 0.3 is 6.03 Å². The lowest BCUT2D eigenvalue weighted by molar-refractivity contribution is 0.206. The number of anilines is 1. The standard InChI is InChI=1S/C20H17ClN4O/c21-16-8-6-14(7-9-16)19-22-12-15-13-25(11-10-18(15)24-19)20(26)23-17-4-2-1-3-5-17/h1-9,12H,10-11,13H2,(H,23,26). The van der Waals surface area contributed by atoms with Crippen molar-refractivity contribution in [2.45, 2.75) is 13.0 Å². The van der Waals surface area contributed by atoms with Crippen molar-refractivity contribution >= 4 is 23.3 Å². The van der Waals surface area contributed by atoms with Crippen LogP contribution in [0.2, 0.25) is 5.02 Å². The Balaban J connectivity index is 1.49. The lowest BCUT2D eigenvalue weighted by Crippen LogP contribution is -2.39. The van der Waals surface area contributed by atoms with Crippen molar-refractivity contribution in [3.05, 3.63) is 77.1 Å². The number of rotatable bonds is 2. The van der Waals surface area contributed by atoms with Gasteiger partial charge in [0, 0.05) is 41.0 Å². The second-order valence-electron chi connectivity index (χ2n) is 6.14. The quantitative estimate of drug-likeness (QED) is 0.733. The number of urea groups is 1. The van der Waals surface area contributed by atoms with Gasteiger partial charge in [-0.05, 0) is 36.4 Å². The molecule has 6 heteroatoms. The van der Waals surface area contributed by atoms with Gasteiger partial charge in [0.05, 0.1) is 12.2 Å². The summed E-state index contributed by atoms with van der Waals surface area (Å²) in [5.74, 6) is 0.683. The van der Waals surface area contributed by atoms with Gasteiger partial charge in [0.2, 0.25) is 0 Å². The van der Waals surface area contributed by atoms with Crippen LogP contribution in [0.25, 0.3) is 11.4 Å². The molecule has 0 unspecified atom stereocenters. The molecular formula is C20H17ClN4O. The molecule has 26 heavy (non-hydrogen) atoms. The van der Waals surface area contributed by atoms with Crippen molar-refractivity contribution in [1.82, 2.24) is 14.9 Å². The molecule has 2 aromatic carbocycles. The van der Waals surface area contributed by atoms with Crippen molar-refractivity contribution in [1.29, 1.82) is 0 Å². The van der Waals surface area contributed by atoms with E-state index in [9.17, 15) is 4.79 Å². The number of halogens is 1. The zero-order valence-corrected chi connectivity index (χ0v) is 14.8. The fraction of sp³-hybridized carbons (Fsp3) is 0.150. The second-order valence-corrected chi connectivity index (χ2v) is 6.58. The number of nitrogens with one attached hydrogen (secondary N) is 1. The zero-order valence-electron chi connectivity index (χ0n) is 14.0. The van der Waals surface area contributed by atoms with Gasteiger partial charge in [0.25, 0.3) is 0 Å². The smallest absolute Gasteiger partial charge is 0.320 e. The van der Waals surface area contributed by atoms with Crippen LogP contribution >= 0.6 is 11.6 Å². The summed E-state index contributed by atoms with van der Waals surface area (Å²) in [4.78, 5) is 23.4. The first kappa shape index (κ1) is 16.5. The summed E-state index contributed by atoms with van der Waals surface area (Å²) in [7, 11) is 0. The molecule has 0 fully saturated rings. The summed E-state index contributed by atoms with van der Waals surface area (Å²) in [5.41, 5.74) is 3.70. The first-order valence-electron chi connectivity index (χ1n) is 8.41. The molecule has 1 N–H and O–H groups in total. The fourth-order valence-electron chi connectivity index (χ4n) is 2.95. The highest BCUT2D eigenvalue weighted by Crippen LogP contribution is 2.22. The van der Waals surface area contributed by atoms with E-state index in [0.717, 1.165) is 22.5 Å². The summed E-state index contributed by atoms with van der Waals surface area (Å²) in [5, 5.41) is 3.61. The molecule has 0 radical (unpaired) electrons. The van der Waals surface area contributed by atoms with E-state index in [4.69, 9.17) is 11.6 Å². The monoisotopic (exact) mass is 364 g/mol. The number of benzene rings is 2. The predicted molar refractivity (Wildman–Crippen MR) is 102 cm³/mol. The lowest BCUT2D eigenvalue weighted by atomic mass is 10.1. The van der Waals surface area contributed by atoms with Gasteiger partial charge in [0.15, 0.2) is 5.82 Å². The molecule has 1 aliphatic rings. The summed E-state index contributed by atoms with van der Waals surface area (Å²) in [6.07, 6.45) is 2.52. The summed E-state index contributed by atoms with van der Waals surface area (Å²) < 4.78 is 0. The van der Waals surface area contributed by atoms with Gasteiger partial charge in [-0.2, -0.15) is 0 Å². The highest BCUT2D eigenvalue weighted by Gasteiger charge is 2.22. The van der Waals surface area contributed by atoms with Crippen molar-refractivity contribution in [2.24, 2.45) is 0 Å². The van der Waals surface area contributed by atoms with E-state index in [0.29, 0.717) is 30.4 Å².